The van der Waals surface area contributed by atoms with Gasteiger partial charge in [0.25, 0.3) is 0 Å². The lowest BCUT2D eigenvalue weighted by molar-refractivity contribution is -0.146. The Hall–Kier alpha value is -1.51. The fraction of sp³-hybridized carbons (Fsp3) is 0.417. The Kier molecular flexibility index (Phi) is 2.39. The summed E-state index contributed by atoms with van der Waals surface area (Å²) in [4.78, 5) is 11.7. The van der Waals surface area contributed by atoms with Crippen molar-refractivity contribution in [1.29, 1.82) is 0 Å². The molecule has 1 aliphatic carbocycles. The highest BCUT2D eigenvalue weighted by atomic mass is 16.5. The summed E-state index contributed by atoms with van der Waals surface area (Å²) in [6.07, 6.45) is 1.63. The van der Waals surface area contributed by atoms with Crippen LogP contribution in [-0.2, 0) is 14.9 Å². The number of phenols is 1. The fourth-order valence-corrected chi connectivity index (χ4v) is 1.81. The number of phenolic OH excluding ortho intramolecular Hbond substituents is 1. The minimum Gasteiger partial charge on any atom is -0.508 e. The van der Waals surface area contributed by atoms with E-state index in [1.807, 2.05) is 6.07 Å². The van der Waals surface area contributed by atoms with Crippen LogP contribution >= 0.6 is 0 Å². The van der Waals surface area contributed by atoms with Crippen molar-refractivity contribution < 1.29 is 14.6 Å². The zero-order valence-corrected chi connectivity index (χ0v) is 8.69. The van der Waals surface area contributed by atoms with E-state index in [0.717, 1.165) is 18.4 Å². The van der Waals surface area contributed by atoms with Gasteiger partial charge < -0.3 is 9.84 Å². The third kappa shape index (κ3) is 1.69. The summed E-state index contributed by atoms with van der Waals surface area (Å²) in [6, 6.07) is 6.86. The van der Waals surface area contributed by atoms with Gasteiger partial charge in [0.1, 0.15) is 5.75 Å². The van der Waals surface area contributed by atoms with Crippen molar-refractivity contribution in [1.82, 2.24) is 0 Å². The standard InChI is InChI=1S/C12H14O3/c1-2-15-11(14)12(6-7-12)9-4-3-5-10(13)8-9/h3-5,8,13H,2,6-7H2,1H3. The molecule has 0 aliphatic heterocycles. The van der Waals surface area contributed by atoms with Crippen LogP contribution < -0.4 is 0 Å². The molecule has 0 bridgehead atoms. The highest BCUT2D eigenvalue weighted by Gasteiger charge is 2.52. The van der Waals surface area contributed by atoms with E-state index in [-0.39, 0.29) is 11.7 Å². The predicted molar refractivity (Wildman–Crippen MR) is 55.7 cm³/mol. The molecule has 1 aromatic rings. The molecule has 0 radical (unpaired) electrons. The Bertz CT molecular complexity index is 380. The van der Waals surface area contributed by atoms with Crippen LogP contribution in [0.25, 0.3) is 0 Å². The average Bonchev–Trinajstić information content (AvgIpc) is 2.99. The number of rotatable bonds is 3. The van der Waals surface area contributed by atoms with Crippen molar-refractivity contribution in [2.24, 2.45) is 0 Å². The van der Waals surface area contributed by atoms with E-state index < -0.39 is 5.41 Å². The first-order chi connectivity index (χ1) is 7.19. The van der Waals surface area contributed by atoms with Crippen molar-refractivity contribution in [3.63, 3.8) is 0 Å². The van der Waals surface area contributed by atoms with Crippen molar-refractivity contribution >= 4 is 5.97 Å². The molecular formula is C12H14O3. The number of ether oxygens (including phenoxy) is 1. The quantitative estimate of drug-likeness (QED) is 0.769. The van der Waals surface area contributed by atoms with Gasteiger partial charge >= 0.3 is 5.97 Å². The van der Waals surface area contributed by atoms with Gasteiger partial charge in [-0.3, -0.25) is 4.79 Å². The Balaban J connectivity index is 2.26. The maximum atomic E-state index is 11.7. The van der Waals surface area contributed by atoms with Crippen LogP contribution in [0.4, 0.5) is 0 Å². The Morgan fingerprint density at radius 1 is 1.53 bits per heavy atom. The second-order valence-electron chi connectivity index (χ2n) is 3.85. The lowest BCUT2D eigenvalue weighted by atomic mass is 9.96. The third-order valence-corrected chi connectivity index (χ3v) is 2.81. The van der Waals surface area contributed by atoms with E-state index in [0.29, 0.717) is 6.61 Å². The molecule has 0 saturated heterocycles. The molecule has 80 valence electrons. The monoisotopic (exact) mass is 206 g/mol. The SMILES string of the molecule is CCOC(=O)C1(c2cccc(O)c2)CC1. The Labute approximate surface area is 88.7 Å². The van der Waals surface area contributed by atoms with Crippen LogP contribution in [0, 0.1) is 0 Å². The van der Waals surface area contributed by atoms with Gasteiger partial charge in [-0.25, -0.2) is 0 Å². The largest absolute Gasteiger partial charge is 0.508 e. The zero-order chi connectivity index (χ0) is 10.9. The van der Waals surface area contributed by atoms with Crippen LogP contribution in [0.3, 0.4) is 0 Å². The van der Waals surface area contributed by atoms with Crippen LogP contribution in [0.1, 0.15) is 25.3 Å². The van der Waals surface area contributed by atoms with Gasteiger partial charge in [-0.1, -0.05) is 12.1 Å². The lowest BCUT2D eigenvalue weighted by Gasteiger charge is -2.14. The number of hydrogen-bond donors (Lipinski definition) is 1. The second-order valence-corrected chi connectivity index (χ2v) is 3.85. The van der Waals surface area contributed by atoms with E-state index in [2.05, 4.69) is 0 Å². The van der Waals surface area contributed by atoms with Gasteiger partial charge in [0.2, 0.25) is 0 Å². The van der Waals surface area contributed by atoms with Gasteiger partial charge in [0, 0.05) is 0 Å². The van der Waals surface area contributed by atoms with E-state index in [1.54, 1.807) is 25.1 Å². The lowest BCUT2D eigenvalue weighted by Crippen LogP contribution is -2.23. The molecule has 1 aliphatic rings. The molecule has 0 heterocycles. The summed E-state index contributed by atoms with van der Waals surface area (Å²) in [5, 5.41) is 9.36. The first kappa shape index (κ1) is 10.0. The number of hydrogen-bond acceptors (Lipinski definition) is 3. The molecule has 0 spiro atoms. The number of carbonyl (C=O) groups is 1. The van der Waals surface area contributed by atoms with Crippen molar-refractivity contribution in [2.45, 2.75) is 25.2 Å². The maximum Gasteiger partial charge on any atom is 0.316 e. The second kappa shape index (κ2) is 3.57. The van der Waals surface area contributed by atoms with Crippen LogP contribution in [0.15, 0.2) is 24.3 Å². The smallest absolute Gasteiger partial charge is 0.316 e. The summed E-state index contributed by atoms with van der Waals surface area (Å²) >= 11 is 0. The molecule has 15 heavy (non-hydrogen) atoms. The number of carbonyl (C=O) groups excluding carboxylic acids is 1. The molecule has 1 aromatic carbocycles. The predicted octanol–water partition coefficient (Wildman–Crippen LogP) is 1.99. The first-order valence-electron chi connectivity index (χ1n) is 5.16. The molecule has 1 saturated carbocycles. The molecule has 0 atom stereocenters. The normalized spacial score (nSPS) is 17.1. The van der Waals surface area contributed by atoms with E-state index in [1.165, 1.54) is 0 Å². The van der Waals surface area contributed by atoms with Gasteiger partial charge in [0.15, 0.2) is 0 Å². The third-order valence-electron chi connectivity index (χ3n) is 2.81. The molecule has 3 nitrogen and oxygen atoms in total. The summed E-state index contributed by atoms with van der Waals surface area (Å²) in [7, 11) is 0. The van der Waals surface area contributed by atoms with Crippen LogP contribution in [0.2, 0.25) is 0 Å². The minimum atomic E-state index is -0.477. The van der Waals surface area contributed by atoms with Gasteiger partial charge in [-0.2, -0.15) is 0 Å². The maximum absolute atomic E-state index is 11.7. The van der Waals surface area contributed by atoms with E-state index >= 15 is 0 Å². The number of benzene rings is 1. The first-order valence-corrected chi connectivity index (χ1v) is 5.16. The van der Waals surface area contributed by atoms with Crippen molar-refractivity contribution in [3.05, 3.63) is 29.8 Å². The molecule has 0 amide bonds. The molecular weight excluding hydrogens is 192 g/mol. The molecule has 3 heteroatoms. The van der Waals surface area contributed by atoms with E-state index in [4.69, 9.17) is 4.74 Å². The average molecular weight is 206 g/mol. The highest BCUT2D eigenvalue weighted by Crippen LogP contribution is 2.49. The summed E-state index contributed by atoms with van der Waals surface area (Å²) in [5.41, 5.74) is 0.385. The molecule has 2 rings (SSSR count). The van der Waals surface area contributed by atoms with Crippen molar-refractivity contribution in [3.8, 4) is 5.75 Å². The van der Waals surface area contributed by atoms with E-state index in [9.17, 15) is 9.90 Å². The van der Waals surface area contributed by atoms with Crippen molar-refractivity contribution in [2.75, 3.05) is 6.61 Å². The molecule has 1 N–H and O–H groups in total. The molecule has 1 fully saturated rings. The van der Waals surface area contributed by atoms with Crippen LogP contribution in [0.5, 0.6) is 5.75 Å². The molecule has 0 aromatic heterocycles. The summed E-state index contributed by atoms with van der Waals surface area (Å²) in [6.45, 7) is 2.20. The van der Waals surface area contributed by atoms with Crippen LogP contribution in [-0.4, -0.2) is 17.7 Å². The zero-order valence-electron chi connectivity index (χ0n) is 8.69. The Morgan fingerprint density at radius 2 is 2.27 bits per heavy atom. The summed E-state index contributed by atoms with van der Waals surface area (Å²) < 4.78 is 5.04. The van der Waals surface area contributed by atoms with Gasteiger partial charge in [0.05, 0.1) is 12.0 Å². The number of aromatic hydroxyl groups is 1. The topological polar surface area (TPSA) is 46.5 Å². The van der Waals surface area contributed by atoms with Gasteiger partial charge in [-0.05, 0) is 37.5 Å². The highest BCUT2D eigenvalue weighted by molar-refractivity contribution is 5.86. The summed E-state index contributed by atoms with van der Waals surface area (Å²) in [5.74, 6) is 0.0265. The van der Waals surface area contributed by atoms with Gasteiger partial charge in [-0.15, -0.1) is 0 Å². The fourth-order valence-electron chi connectivity index (χ4n) is 1.81. The number of esters is 1. The molecule has 0 unspecified atom stereocenters. The minimum absolute atomic E-state index is 0.171. The Morgan fingerprint density at radius 3 is 2.80 bits per heavy atom.